The molecule has 0 radical (unpaired) electrons. The Bertz CT molecular complexity index is 1060. The first-order valence-electron chi connectivity index (χ1n) is 10.6. The van der Waals surface area contributed by atoms with Crippen molar-refractivity contribution in [3.05, 3.63) is 106 Å². The van der Waals surface area contributed by atoms with Crippen molar-refractivity contribution in [2.75, 3.05) is 6.54 Å². The number of nitrogens with one attached hydrogen (secondary N) is 1. The van der Waals surface area contributed by atoms with Crippen LogP contribution in [0.3, 0.4) is 0 Å². The third-order valence-corrected chi connectivity index (χ3v) is 5.58. The van der Waals surface area contributed by atoms with E-state index >= 15 is 0 Å². The number of benzene rings is 3. The average Bonchev–Trinajstić information content (AvgIpc) is 2.77. The highest BCUT2D eigenvalue weighted by molar-refractivity contribution is 6.30. The highest BCUT2D eigenvalue weighted by Crippen LogP contribution is 2.19. The number of carbonyl (C=O) groups is 2. The molecule has 1 N–H and O–H groups in total. The van der Waals surface area contributed by atoms with E-state index in [2.05, 4.69) is 5.32 Å². The first-order valence-corrected chi connectivity index (χ1v) is 11.3. The zero-order chi connectivity index (χ0) is 22.9. The highest BCUT2D eigenvalue weighted by atomic mass is 35.5. The molecule has 0 fully saturated rings. The van der Waals surface area contributed by atoms with E-state index in [-0.39, 0.29) is 24.8 Å². The Labute approximate surface area is 199 Å². The van der Waals surface area contributed by atoms with E-state index in [9.17, 15) is 9.59 Å². The van der Waals surface area contributed by atoms with Gasteiger partial charge in [-0.15, -0.1) is 0 Å². The van der Waals surface area contributed by atoms with Crippen LogP contribution in [0, 0.1) is 0 Å². The Morgan fingerprint density at radius 2 is 1.44 bits per heavy atom. The normalized spacial score (nSPS) is 11.6. The van der Waals surface area contributed by atoms with Crippen LogP contribution >= 0.6 is 23.2 Å². The van der Waals surface area contributed by atoms with Gasteiger partial charge in [-0.1, -0.05) is 77.8 Å². The van der Waals surface area contributed by atoms with E-state index in [4.69, 9.17) is 23.2 Å². The molecule has 0 unspecified atom stereocenters. The van der Waals surface area contributed by atoms with Crippen molar-refractivity contribution in [1.29, 1.82) is 0 Å². The maximum Gasteiger partial charge on any atom is 0.243 e. The topological polar surface area (TPSA) is 49.4 Å². The highest BCUT2D eigenvalue weighted by Gasteiger charge is 2.30. The van der Waals surface area contributed by atoms with Crippen molar-refractivity contribution in [1.82, 2.24) is 10.2 Å². The van der Waals surface area contributed by atoms with E-state index in [1.54, 1.807) is 23.1 Å². The van der Waals surface area contributed by atoms with Gasteiger partial charge in [0, 0.05) is 29.6 Å². The Morgan fingerprint density at radius 1 is 0.844 bits per heavy atom. The Balaban J connectivity index is 1.95. The summed E-state index contributed by atoms with van der Waals surface area (Å²) in [5.41, 5.74) is 2.64. The van der Waals surface area contributed by atoms with E-state index < -0.39 is 6.04 Å². The van der Waals surface area contributed by atoms with Gasteiger partial charge in [-0.05, 0) is 47.9 Å². The minimum atomic E-state index is -0.664. The summed E-state index contributed by atoms with van der Waals surface area (Å²) < 4.78 is 0. The van der Waals surface area contributed by atoms with Crippen LogP contribution in [0.5, 0.6) is 0 Å². The molecule has 0 aliphatic carbocycles. The molecule has 3 aromatic carbocycles. The molecule has 166 valence electrons. The summed E-state index contributed by atoms with van der Waals surface area (Å²) in [6.07, 6.45) is 0.556. The molecule has 0 bridgehead atoms. The van der Waals surface area contributed by atoms with Crippen LogP contribution in [-0.4, -0.2) is 29.3 Å². The van der Waals surface area contributed by atoms with Crippen molar-refractivity contribution in [2.24, 2.45) is 0 Å². The fourth-order valence-corrected chi connectivity index (χ4v) is 4.03. The molecule has 0 aromatic heterocycles. The lowest BCUT2D eigenvalue weighted by molar-refractivity contribution is -0.140. The lowest BCUT2D eigenvalue weighted by atomic mass is 10.0. The third-order valence-electron chi connectivity index (χ3n) is 5.11. The molecule has 0 saturated carbocycles. The largest absolute Gasteiger partial charge is 0.355 e. The van der Waals surface area contributed by atoms with Gasteiger partial charge < -0.3 is 10.2 Å². The second-order valence-corrected chi connectivity index (χ2v) is 8.43. The smallest absolute Gasteiger partial charge is 0.243 e. The van der Waals surface area contributed by atoms with Crippen LogP contribution in [0.25, 0.3) is 0 Å². The maximum absolute atomic E-state index is 13.5. The molecular weight excluding hydrogens is 443 g/mol. The van der Waals surface area contributed by atoms with Crippen LogP contribution in [0.15, 0.2) is 78.9 Å². The first kappa shape index (κ1) is 23.8. The molecule has 0 aliphatic rings. The monoisotopic (exact) mass is 468 g/mol. The van der Waals surface area contributed by atoms with Crippen LogP contribution in [-0.2, 0) is 29.0 Å². The van der Waals surface area contributed by atoms with Crippen molar-refractivity contribution < 1.29 is 9.59 Å². The Hall–Kier alpha value is -2.82. The zero-order valence-electron chi connectivity index (χ0n) is 17.9. The average molecular weight is 469 g/mol. The number of nitrogens with zero attached hydrogens (tertiary/aromatic N) is 1. The zero-order valence-corrected chi connectivity index (χ0v) is 19.4. The van der Waals surface area contributed by atoms with Gasteiger partial charge in [-0.25, -0.2) is 0 Å². The van der Waals surface area contributed by atoms with Crippen LogP contribution in [0.1, 0.15) is 23.6 Å². The molecular formula is C26H26Cl2N2O2. The maximum atomic E-state index is 13.5. The van der Waals surface area contributed by atoms with Crippen LogP contribution in [0.2, 0.25) is 10.0 Å². The minimum absolute atomic E-state index is 0.145. The van der Waals surface area contributed by atoms with E-state index in [0.29, 0.717) is 23.0 Å². The molecule has 32 heavy (non-hydrogen) atoms. The minimum Gasteiger partial charge on any atom is -0.355 e. The number of hydrogen-bond donors (Lipinski definition) is 1. The second-order valence-electron chi connectivity index (χ2n) is 7.56. The summed E-state index contributed by atoms with van der Waals surface area (Å²) in [6, 6.07) is 23.6. The number of amides is 2. The summed E-state index contributed by atoms with van der Waals surface area (Å²) in [7, 11) is 0. The summed E-state index contributed by atoms with van der Waals surface area (Å²) in [6.45, 7) is 2.62. The lowest BCUT2D eigenvalue weighted by Crippen LogP contribution is -2.50. The van der Waals surface area contributed by atoms with Gasteiger partial charge in [0.25, 0.3) is 0 Å². The summed E-state index contributed by atoms with van der Waals surface area (Å²) in [4.78, 5) is 28.3. The SMILES string of the molecule is CCNC(=O)[C@@H](Cc1ccccc1)N(Cc1cccc(Cl)c1)C(=O)Cc1cccc(Cl)c1. The Morgan fingerprint density at radius 3 is 2.06 bits per heavy atom. The van der Waals surface area contributed by atoms with Crippen molar-refractivity contribution in [2.45, 2.75) is 32.4 Å². The van der Waals surface area contributed by atoms with Gasteiger partial charge in [0.1, 0.15) is 6.04 Å². The van der Waals surface area contributed by atoms with Crippen LogP contribution < -0.4 is 5.32 Å². The number of halogens is 2. The van der Waals surface area contributed by atoms with Gasteiger partial charge in [0.05, 0.1) is 6.42 Å². The molecule has 6 heteroatoms. The quantitative estimate of drug-likeness (QED) is 0.462. The molecule has 0 aliphatic heterocycles. The first-order chi connectivity index (χ1) is 15.5. The summed E-state index contributed by atoms with van der Waals surface area (Å²) >= 11 is 12.3. The number of hydrogen-bond acceptors (Lipinski definition) is 2. The van der Waals surface area contributed by atoms with E-state index in [0.717, 1.165) is 16.7 Å². The van der Waals surface area contributed by atoms with Crippen molar-refractivity contribution >= 4 is 35.0 Å². The standard InChI is InChI=1S/C26H26Cl2N2O2/c1-2-29-26(32)24(16-19-8-4-3-5-9-19)30(18-21-11-7-13-23(28)15-21)25(31)17-20-10-6-12-22(27)14-20/h3-15,24H,2,16-18H2,1H3,(H,29,32)/t24-/m1/s1. The van der Waals surface area contributed by atoms with Gasteiger partial charge in [0.15, 0.2) is 0 Å². The number of likely N-dealkylation sites (N-methyl/N-ethyl adjacent to an activating group) is 1. The van der Waals surface area contributed by atoms with Gasteiger partial charge in [-0.2, -0.15) is 0 Å². The molecule has 3 rings (SSSR count). The summed E-state index contributed by atoms with van der Waals surface area (Å²) in [5.74, 6) is -0.336. The van der Waals surface area contributed by atoms with E-state index in [1.165, 1.54) is 0 Å². The summed E-state index contributed by atoms with van der Waals surface area (Å²) in [5, 5.41) is 4.05. The molecule has 0 spiro atoms. The van der Waals surface area contributed by atoms with E-state index in [1.807, 2.05) is 67.6 Å². The van der Waals surface area contributed by atoms with Crippen LogP contribution in [0.4, 0.5) is 0 Å². The Kier molecular flexibility index (Phi) is 8.72. The number of carbonyl (C=O) groups excluding carboxylic acids is 2. The van der Waals surface area contributed by atoms with Crippen molar-refractivity contribution in [3.63, 3.8) is 0 Å². The fourth-order valence-electron chi connectivity index (χ4n) is 3.60. The predicted octanol–water partition coefficient (Wildman–Crippen LogP) is 5.31. The molecule has 0 heterocycles. The lowest BCUT2D eigenvalue weighted by Gasteiger charge is -2.31. The predicted molar refractivity (Wildman–Crippen MR) is 130 cm³/mol. The molecule has 3 aromatic rings. The second kappa shape index (κ2) is 11.7. The number of rotatable bonds is 9. The van der Waals surface area contributed by atoms with Crippen molar-refractivity contribution in [3.8, 4) is 0 Å². The van der Waals surface area contributed by atoms with Gasteiger partial charge in [-0.3, -0.25) is 9.59 Å². The van der Waals surface area contributed by atoms with Gasteiger partial charge in [0.2, 0.25) is 11.8 Å². The molecule has 2 amide bonds. The van der Waals surface area contributed by atoms with Gasteiger partial charge >= 0.3 is 0 Å². The third kappa shape index (κ3) is 6.84. The molecule has 1 atom stereocenters. The molecule has 4 nitrogen and oxygen atoms in total. The molecule has 0 saturated heterocycles. The fraction of sp³-hybridized carbons (Fsp3) is 0.231.